The van der Waals surface area contributed by atoms with Crippen LogP contribution in [0.5, 0.6) is 11.5 Å². The first kappa shape index (κ1) is 26.1. The highest BCUT2D eigenvalue weighted by Gasteiger charge is 2.29. The van der Waals surface area contributed by atoms with Gasteiger partial charge in [0.1, 0.15) is 17.5 Å². The fraction of sp³-hybridized carbons (Fsp3) is 0.200. The van der Waals surface area contributed by atoms with Gasteiger partial charge in [0.2, 0.25) is 15.9 Å². The molecule has 35 heavy (non-hydrogen) atoms. The minimum Gasteiger partial charge on any atom is -0.462 e. The number of hydrogen-bond donors (Lipinski definition) is 1. The van der Waals surface area contributed by atoms with Crippen LogP contribution in [0.2, 0.25) is 5.02 Å². The molecule has 1 amide bonds. The second-order valence-electron chi connectivity index (χ2n) is 7.55. The van der Waals surface area contributed by atoms with Crippen LogP contribution in [0.1, 0.15) is 24.2 Å². The van der Waals surface area contributed by atoms with Gasteiger partial charge in [-0.3, -0.25) is 9.10 Å². The van der Waals surface area contributed by atoms with E-state index in [4.69, 9.17) is 21.1 Å². The van der Waals surface area contributed by atoms with E-state index in [0.29, 0.717) is 17.2 Å². The molecule has 0 bridgehead atoms. The molecule has 0 unspecified atom stereocenters. The maximum Gasteiger partial charge on any atom is 0.338 e. The van der Waals surface area contributed by atoms with E-state index in [0.717, 1.165) is 10.6 Å². The van der Waals surface area contributed by atoms with Crippen LogP contribution in [0.4, 0.5) is 11.4 Å². The van der Waals surface area contributed by atoms with Gasteiger partial charge in [-0.1, -0.05) is 29.8 Å². The van der Waals surface area contributed by atoms with Crippen LogP contribution in [-0.2, 0) is 19.6 Å². The standard InChI is InChI=1S/C25H25ClN2O6S/c1-4-33-25(30)18-10-15-23(22(26)16-18)27-24(29)17(2)28(35(3,31)32)19-11-13-21(14-12-19)34-20-8-6-5-7-9-20/h5-17H,4H2,1-3H3,(H,27,29)/t17-/m0/s1. The lowest BCUT2D eigenvalue weighted by Gasteiger charge is -2.28. The number of ether oxygens (including phenoxy) is 2. The number of benzene rings is 3. The van der Waals surface area contributed by atoms with Gasteiger partial charge in [0.05, 0.1) is 34.8 Å². The molecule has 0 aliphatic heterocycles. The molecule has 0 fully saturated rings. The monoisotopic (exact) mass is 516 g/mol. The predicted molar refractivity (Wildman–Crippen MR) is 136 cm³/mol. The van der Waals surface area contributed by atoms with Crippen LogP contribution in [0.15, 0.2) is 72.8 Å². The zero-order valence-corrected chi connectivity index (χ0v) is 21.0. The first-order valence-electron chi connectivity index (χ1n) is 10.7. The van der Waals surface area contributed by atoms with Crippen LogP contribution in [0, 0.1) is 0 Å². The van der Waals surface area contributed by atoms with Crippen molar-refractivity contribution >= 4 is 44.9 Å². The summed E-state index contributed by atoms with van der Waals surface area (Å²) >= 11 is 6.22. The topological polar surface area (TPSA) is 102 Å². The number of anilines is 2. The van der Waals surface area contributed by atoms with Gasteiger partial charge in [0.25, 0.3) is 0 Å². The third-order valence-corrected chi connectivity index (χ3v) is 6.45. The number of nitrogens with zero attached hydrogens (tertiary/aromatic N) is 1. The van der Waals surface area contributed by atoms with Gasteiger partial charge in [-0.05, 0) is 68.4 Å². The predicted octanol–water partition coefficient (Wildman–Crippen LogP) is 5.10. The Balaban J connectivity index is 1.78. The zero-order chi connectivity index (χ0) is 25.6. The second kappa shape index (κ2) is 11.2. The number of amides is 1. The van der Waals surface area contributed by atoms with Crippen molar-refractivity contribution in [1.29, 1.82) is 0 Å². The lowest BCUT2D eigenvalue weighted by Crippen LogP contribution is -2.45. The van der Waals surface area contributed by atoms with E-state index in [1.165, 1.54) is 25.1 Å². The largest absolute Gasteiger partial charge is 0.462 e. The Kier molecular flexibility index (Phi) is 8.37. The molecule has 10 heteroatoms. The molecule has 1 N–H and O–H groups in total. The van der Waals surface area contributed by atoms with E-state index >= 15 is 0 Å². The van der Waals surface area contributed by atoms with Crippen molar-refractivity contribution in [3.8, 4) is 11.5 Å². The lowest BCUT2D eigenvalue weighted by atomic mass is 10.2. The van der Waals surface area contributed by atoms with E-state index in [1.807, 2.05) is 18.2 Å². The molecule has 8 nitrogen and oxygen atoms in total. The number of rotatable bonds is 9. The molecule has 0 saturated heterocycles. The molecule has 184 valence electrons. The van der Waals surface area contributed by atoms with Gasteiger partial charge in [0.15, 0.2) is 0 Å². The molecule has 3 aromatic rings. The number of para-hydroxylation sites is 1. The van der Waals surface area contributed by atoms with Gasteiger partial charge < -0.3 is 14.8 Å². The van der Waals surface area contributed by atoms with E-state index in [9.17, 15) is 18.0 Å². The Morgan fingerprint density at radius 2 is 1.63 bits per heavy atom. The van der Waals surface area contributed by atoms with Crippen molar-refractivity contribution in [3.05, 3.63) is 83.4 Å². The Labute approximate surface area is 209 Å². The van der Waals surface area contributed by atoms with Crippen LogP contribution in [0.3, 0.4) is 0 Å². The quantitative estimate of drug-likeness (QED) is 0.397. The smallest absolute Gasteiger partial charge is 0.338 e. The first-order chi connectivity index (χ1) is 16.6. The van der Waals surface area contributed by atoms with Crippen LogP contribution >= 0.6 is 11.6 Å². The van der Waals surface area contributed by atoms with Gasteiger partial charge in [-0.25, -0.2) is 13.2 Å². The summed E-state index contributed by atoms with van der Waals surface area (Å²) in [5.41, 5.74) is 0.759. The maximum absolute atomic E-state index is 13.0. The number of hydrogen-bond acceptors (Lipinski definition) is 6. The summed E-state index contributed by atoms with van der Waals surface area (Å²) in [6.07, 6.45) is 1.02. The Hall–Kier alpha value is -3.56. The van der Waals surface area contributed by atoms with Crippen molar-refractivity contribution < 1.29 is 27.5 Å². The van der Waals surface area contributed by atoms with Crippen molar-refractivity contribution in [2.24, 2.45) is 0 Å². The van der Waals surface area contributed by atoms with E-state index in [2.05, 4.69) is 5.32 Å². The average Bonchev–Trinajstić information content (AvgIpc) is 2.81. The average molecular weight is 517 g/mol. The van der Waals surface area contributed by atoms with Crippen LogP contribution in [0.25, 0.3) is 0 Å². The highest BCUT2D eigenvalue weighted by atomic mass is 35.5. The van der Waals surface area contributed by atoms with Crippen LogP contribution < -0.4 is 14.4 Å². The molecule has 3 rings (SSSR count). The molecule has 0 aromatic heterocycles. The van der Waals surface area contributed by atoms with Gasteiger partial charge in [-0.2, -0.15) is 0 Å². The highest BCUT2D eigenvalue weighted by Crippen LogP contribution is 2.28. The van der Waals surface area contributed by atoms with Crippen molar-refractivity contribution in [2.45, 2.75) is 19.9 Å². The fourth-order valence-electron chi connectivity index (χ4n) is 3.29. The van der Waals surface area contributed by atoms with Gasteiger partial charge >= 0.3 is 5.97 Å². The van der Waals surface area contributed by atoms with E-state index in [1.54, 1.807) is 43.3 Å². The Morgan fingerprint density at radius 3 is 2.20 bits per heavy atom. The number of carbonyl (C=O) groups is 2. The molecular weight excluding hydrogens is 492 g/mol. The molecule has 0 aliphatic carbocycles. The Morgan fingerprint density at radius 1 is 1.00 bits per heavy atom. The van der Waals surface area contributed by atoms with Gasteiger partial charge in [-0.15, -0.1) is 0 Å². The summed E-state index contributed by atoms with van der Waals surface area (Å²) in [6.45, 7) is 3.37. The zero-order valence-electron chi connectivity index (χ0n) is 19.4. The summed E-state index contributed by atoms with van der Waals surface area (Å²) in [6, 6.07) is 18.7. The molecule has 0 saturated carbocycles. The minimum atomic E-state index is -3.82. The summed E-state index contributed by atoms with van der Waals surface area (Å²) < 4.78 is 36.9. The summed E-state index contributed by atoms with van der Waals surface area (Å²) in [5, 5.41) is 2.74. The maximum atomic E-state index is 13.0. The van der Waals surface area contributed by atoms with Crippen molar-refractivity contribution in [3.63, 3.8) is 0 Å². The number of sulfonamides is 1. The molecule has 0 spiro atoms. The third-order valence-electron chi connectivity index (χ3n) is 4.90. The molecule has 0 heterocycles. The first-order valence-corrected chi connectivity index (χ1v) is 12.9. The molecule has 3 aromatic carbocycles. The van der Waals surface area contributed by atoms with E-state index in [-0.39, 0.29) is 22.9 Å². The number of esters is 1. The van der Waals surface area contributed by atoms with Crippen molar-refractivity contribution in [2.75, 3.05) is 22.5 Å². The summed E-state index contributed by atoms with van der Waals surface area (Å²) in [4.78, 5) is 24.8. The van der Waals surface area contributed by atoms with E-state index < -0.39 is 27.9 Å². The fourth-order valence-corrected chi connectivity index (χ4v) is 4.69. The number of halogens is 1. The number of carbonyl (C=O) groups excluding carboxylic acids is 2. The Bertz CT molecular complexity index is 1300. The third kappa shape index (κ3) is 6.74. The van der Waals surface area contributed by atoms with Crippen LogP contribution in [-0.4, -0.2) is 39.2 Å². The normalized spacial score (nSPS) is 11.9. The molecular formula is C25H25ClN2O6S. The second-order valence-corrected chi connectivity index (χ2v) is 9.81. The van der Waals surface area contributed by atoms with Crippen molar-refractivity contribution in [1.82, 2.24) is 0 Å². The molecule has 0 aliphatic rings. The minimum absolute atomic E-state index is 0.115. The summed E-state index contributed by atoms with van der Waals surface area (Å²) in [5.74, 6) is 0.00667. The molecule has 1 atom stereocenters. The molecule has 0 radical (unpaired) electrons. The van der Waals surface area contributed by atoms with Gasteiger partial charge in [0, 0.05) is 0 Å². The highest BCUT2D eigenvalue weighted by molar-refractivity contribution is 7.92. The lowest BCUT2D eigenvalue weighted by molar-refractivity contribution is -0.116. The SMILES string of the molecule is CCOC(=O)c1ccc(NC(=O)[C@H](C)N(c2ccc(Oc3ccccc3)cc2)S(C)(=O)=O)c(Cl)c1. The summed E-state index contributed by atoms with van der Waals surface area (Å²) in [7, 11) is -3.82. The number of nitrogens with one attached hydrogen (secondary N) is 1.